The van der Waals surface area contributed by atoms with E-state index in [1.165, 1.54) is 19.3 Å². The van der Waals surface area contributed by atoms with Crippen LogP contribution in [0.25, 0.3) is 0 Å². The van der Waals surface area contributed by atoms with Crippen LogP contribution in [-0.2, 0) is 0 Å². The number of urea groups is 1. The van der Waals surface area contributed by atoms with Gasteiger partial charge in [0.25, 0.3) is 5.91 Å². The van der Waals surface area contributed by atoms with E-state index in [2.05, 4.69) is 34.8 Å². The highest BCUT2D eigenvalue weighted by Crippen LogP contribution is 2.56. The molecule has 8 heteroatoms. The normalized spacial score (nSPS) is 24.0. The molecule has 1 atom stereocenters. The van der Waals surface area contributed by atoms with Crippen molar-refractivity contribution in [2.24, 2.45) is 11.3 Å². The molecule has 3 amide bonds. The summed E-state index contributed by atoms with van der Waals surface area (Å²) in [7, 11) is 0. The van der Waals surface area contributed by atoms with Crippen molar-refractivity contribution in [1.82, 2.24) is 30.5 Å². The van der Waals surface area contributed by atoms with Gasteiger partial charge >= 0.3 is 6.03 Å². The van der Waals surface area contributed by atoms with Crippen molar-refractivity contribution < 1.29 is 9.59 Å². The van der Waals surface area contributed by atoms with Gasteiger partial charge in [0, 0.05) is 25.7 Å². The zero-order valence-corrected chi connectivity index (χ0v) is 18.4. The summed E-state index contributed by atoms with van der Waals surface area (Å²) in [6, 6.07) is 0.742. The first-order valence-electron chi connectivity index (χ1n) is 11.7. The summed E-state index contributed by atoms with van der Waals surface area (Å²) in [5.74, 6) is 0.247. The second kappa shape index (κ2) is 8.94. The highest BCUT2D eigenvalue weighted by atomic mass is 16.2. The standard InChI is InChI=1S/C22H36N6O2/c1-16(2)14-23-20(29)18-15-28(26-25-18)19-8-9-22(19)10-12-27(13-11-22)21(30)24-17-6-4-3-5-7-17/h15-17,19H,3-14H2,1-2H3,(H,23,29)(H,24,30). The lowest BCUT2D eigenvalue weighted by Crippen LogP contribution is -2.54. The molecule has 1 aromatic heterocycles. The van der Waals surface area contributed by atoms with E-state index in [0.29, 0.717) is 24.2 Å². The Kier molecular flexibility index (Phi) is 6.29. The lowest BCUT2D eigenvalue weighted by molar-refractivity contribution is -0.0231. The molecule has 2 saturated carbocycles. The molecule has 3 fully saturated rings. The Morgan fingerprint density at radius 1 is 1.13 bits per heavy atom. The number of amides is 3. The van der Waals surface area contributed by atoms with Gasteiger partial charge in [0.1, 0.15) is 0 Å². The highest BCUT2D eigenvalue weighted by molar-refractivity contribution is 5.91. The highest BCUT2D eigenvalue weighted by Gasteiger charge is 2.50. The number of likely N-dealkylation sites (tertiary alicyclic amines) is 1. The van der Waals surface area contributed by atoms with Crippen molar-refractivity contribution in [3.8, 4) is 0 Å². The molecule has 1 aliphatic heterocycles. The monoisotopic (exact) mass is 416 g/mol. The molecule has 1 aromatic rings. The Labute approximate surface area is 179 Å². The van der Waals surface area contributed by atoms with Crippen LogP contribution in [0, 0.1) is 11.3 Å². The lowest BCUT2D eigenvalue weighted by Gasteiger charge is -2.53. The smallest absolute Gasteiger partial charge is 0.317 e. The quantitative estimate of drug-likeness (QED) is 0.771. The van der Waals surface area contributed by atoms with Crippen molar-refractivity contribution in [2.75, 3.05) is 19.6 Å². The third-order valence-electron chi connectivity index (χ3n) is 7.33. The van der Waals surface area contributed by atoms with Gasteiger partial charge in [0.15, 0.2) is 5.69 Å². The van der Waals surface area contributed by atoms with Gasteiger partial charge in [-0.05, 0) is 49.9 Å². The molecule has 1 unspecified atom stereocenters. The molecule has 1 spiro atoms. The minimum absolute atomic E-state index is 0.109. The molecular formula is C22H36N6O2. The molecule has 8 nitrogen and oxygen atoms in total. The largest absolute Gasteiger partial charge is 0.350 e. The molecule has 2 heterocycles. The molecule has 166 valence electrons. The summed E-state index contributed by atoms with van der Waals surface area (Å²) >= 11 is 0. The van der Waals surface area contributed by atoms with Gasteiger partial charge in [-0.25, -0.2) is 9.48 Å². The van der Waals surface area contributed by atoms with Crippen LogP contribution in [0.2, 0.25) is 0 Å². The third kappa shape index (κ3) is 4.47. The summed E-state index contributed by atoms with van der Waals surface area (Å²) in [6.45, 7) is 6.36. The van der Waals surface area contributed by atoms with E-state index in [-0.39, 0.29) is 23.4 Å². The first-order valence-corrected chi connectivity index (χ1v) is 11.7. The fourth-order valence-electron chi connectivity index (χ4n) is 5.27. The van der Waals surface area contributed by atoms with Crippen LogP contribution in [0.1, 0.15) is 88.2 Å². The van der Waals surface area contributed by atoms with Gasteiger partial charge in [-0.3, -0.25) is 4.79 Å². The SMILES string of the molecule is CC(C)CNC(=O)c1cn(C2CCC23CCN(C(=O)NC2CCCCC2)CC3)nn1. The van der Waals surface area contributed by atoms with E-state index in [1.54, 1.807) is 6.20 Å². The number of hydrogen-bond donors (Lipinski definition) is 2. The van der Waals surface area contributed by atoms with Gasteiger partial charge in [-0.15, -0.1) is 5.10 Å². The van der Waals surface area contributed by atoms with E-state index in [1.807, 2.05) is 9.58 Å². The van der Waals surface area contributed by atoms with Crippen molar-refractivity contribution >= 4 is 11.9 Å². The number of aromatic nitrogens is 3. The van der Waals surface area contributed by atoms with E-state index in [4.69, 9.17) is 0 Å². The topological polar surface area (TPSA) is 92.2 Å². The summed E-state index contributed by atoms with van der Waals surface area (Å²) in [5, 5.41) is 14.5. The Morgan fingerprint density at radius 2 is 1.87 bits per heavy atom. The molecule has 2 aliphatic carbocycles. The second-order valence-corrected chi connectivity index (χ2v) is 9.88. The summed E-state index contributed by atoms with van der Waals surface area (Å²) in [6.07, 6.45) is 12.0. The van der Waals surface area contributed by atoms with Gasteiger partial charge in [0.2, 0.25) is 0 Å². The summed E-state index contributed by atoms with van der Waals surface area (Å²) in [4.78, 5) is 26.9. The average molecular weight is 417 g/mol. The predicted molar refractivity (Wildman–Crippen MR) is 114 cm³/mol. The molecule has 0 bridgehead atoms. The molecule has 2 N–H and O–H groups in total. The van der Waals surface area contributed by atoms with E-state index in [0.717, 1.165) is 51.6 Å². The van der Waals surface area contributed by atoms with Gasteiger partial charge < -0.3 is 15.5 Å². The molecule has 30 heavy (non-hydrogen) atoms. The Hall–Kier alpha value is -2.12. The number of rotatable bonds is 5. The Bertz CT molecular complexity index is 747. The van der Waals surface area contributed by atoms with Crippen LogP contribution in [-0.4, -0.2) is 57.5 Å². The van der Waals surface area contributed by atoms with Crippen LogP contribution in [0.15, 0.2) is 6.20 Å². The fourth-order valence-corrected chi connectivity index (χ4v) is 5.27. The maximum absolute atomic E-state index is 12.7. The molecule has 3 aliphatic rings. The maximum atomic E-state index is 12.7. The molecule has 1 saturated heterocycles. The lowest BCUT2D eigenvalue weighted by atomic mass is 9.59. The Morgan fingerprint density at radius 3 is 2.50 bits per heavy atom. The van der Waals surface area contributed by atoms with E-state index in [9.17, 15) is 9.59 Å². The number of piperidine rings is 1. The van der Waals surface area contributed by atoms with Gasteiger partial charge in [-0.1, -0.05) is 38.3 Å². The van der Waals surface area contributed by atoms with Crippen LogP contribution < -0.4 is 10.6 Å². The summed E-state index contributed by atoms with van der Waals surface area (Å²) in [5.41, 5.74) is 0.572. The summed E-state index contributed by atoms with van der Waals surface area (Å²) < 4.78 is 1.89. The predicted octanol–water partition coefficient (Wildman–Crippen LogP) is 3.12. The van der Waals surface area contributed by atoms with Crippen molar-refractivity contribution in [2.45, 2.75) is 83.7 Å². The minimum Gasteiger partial charge on any atom is -0.350 e. The second-order valence-electron chi connectivity index (χ2n) is 9.88. The van der Waals surface area contributed by atoms with Crippen LogP contribution in [0.3, 0.4) is 0 Å². The minimum atomic E-state index is -0.155. The first-order chi connectivity index (χ1) is 14.5. The van der Waals surface area contributed by atoms with Crippen LogP contribution in [0.4, 0.5) is 4.79 Å². The number of nitrogens with one attached hydrogen (secondary N) is 2. The average Bonchev–Trinajstić information content (AvgIpc) is 3.21. The number of carbonyl (C=O) groups excluding carboxylic acids is 2. The molecule has 0 radical (unpaired) electrons. The van der Waals surface area contributed by atoms with Crippen molar-refractivity contribution in [3.05, 3.63) is 11.9 Å². The van der Waals surface area contributed by atoms with Gasteiger partial charge in [-0.2, -0.15) is 0 Å². The van der Waals surface area contributed by atoms with Gasteiger partial charge in [0.05, 0.1) is 12.2 Å². The zero-order chi connectivity index (χ0) is 21.1. The van der Waals surface area contributed by atoms with Crippen LogP contribution >= 0.6 is 0 Å². The fraction of sp³-hybridized carbons (Fsp3) is 0.818. The third-order valence-corrected chi connectivity index (χ3v) is 7.33. The van der Waals surface area contributed by atoms with Crippen molar-refractivity contribution in [3.63, 3.8) is 0 Å². The number of nitrogens with zero attached hydrogens (tertiary/aromatic N) is 4. The maximum Gasteiger partial charge on any atom is 0.317 e. The molecule has 0 aromatic carbocycles. The zero-order valence-electron chi connectivity index (χ0n) is 18.4. The number of hydrogen-bond acceptors (Lipinski definition) is 4. The van der Waals surface area contributed by atoms with E-state index >= 15 is 0 Å². The van der Waals surface area contributed by atoms with Crippen molar-refractivity contribution in [1.29, 1.82) is 0 Å². The number of carbonyl (C=O) groups is 2. The van der Waals surface area contributed by atoms with E-state index < -0.39 is 0 Å². The first kappa shape index (κ1) is 21.1. The molecular weight excluding hydrogens is 380 g/mol. The Balaban J connectivity index is 1.30. The van der Waals surface area contributed by atoms with Crippen LogP contribution in [0.5, 0.6) is 0 Å². The molecule has 4 rings (SSSR count).